The van der Waals surface area contributed by atoms with Crippen LogP contribution in [0.1, 0.15) is 21.6 Å². The van der Waals surface area contributed by atoms with Gasteiger partial charge in [-0.2, -0.15) is 5.26 Å². The van der Waals surface area contributed by atoms with Gasteiger partial charge in [-0.15, -0.1) is 0 Å². The van der Waals surface area contributed by atoms with Crippen LogP contribution in [0.25, 0.3) is 11.3 Å². The molecule has 0 radical (unpaired) electrons. The first kappa shape index (κ1) is 14.5. The highest BCUT2D eigenvalue weighted by Gasteiger charge is 2.20. The van der Waals surface area contributed by atoms with E-state index in [1.165, 1.54) is 6.26 Å². The minimum atomic E-state index is -0.646. The molecule has 3 rings (SSSR count). The summed E-state index contributed by atoms with van der Waals surface area (Å²) in [5.74, 6) is -0.0448. The van der Waals surface area contributed by atoms with Gasteiger partial charge in [-0.05, 0) is 37.3 Å². The average Bonchev–Trinajstić information content (AvgIpc) is 3.09. The summed E-state index contributed by atoms with van der Waals surface area (Å²) in [5.41, 5.74) is 0.446. The van der Waals surface area contributed by atoms with Gasteiger partial charge in [0.25, 0.3) is 11.5 Å². The van der Waals surface area contributed by atoms with Crippen molar-refractivity contribution >= 4 is 5.91 Å². The predicted molar refractivity (Wildman–Crippen MR) is 84.0 cm³/mol. The number of pyridine rings is 1. The lowest BCUT2D eigenvalue weighted by atomic mass is 10.1. The maximum atomic E-state index is 12.6. The largest absolute Gasteiger partial charge is 0.464 e. The summed E-state index contributed by atoms with van der Waals surface area (Å²) in [6.45, 7) is 1.65. The molecule has 2 aromatic heterocycles. The first-order valence-electron chi connectivity index (χ1n) is 6.94. The molecule has 0 unspecified atom stereocenters. The third-order valence-corrected chi connectivity index (χ3v) is 3.51. The number of carbonyl (C=O) groups excluding carboxylic acids is 1. The second-order valence-electron chi connectivity index (χ2n) is 4.98. The van der Waals surface area contributed by atoms with E-state index in [9.17, 15) is 14.9 Å². The van der Waals surface area contributed by atoms with Crippen LogP contribution in [0, 0.1) is 18.3 Å². The Morgan fingerprint density at radius 2 is 1.91 bits per heavy atom. The quantitative estimate of drug-likeness (QED) is 0.729. The Bertz CT molecular complexity index is 962. The predicted octanol–water partition coefficient (Wildman–Crippen LogP) is 2.98. The van der Waals surface area contributed by atoms with Crippen molar-refractivity contribution in [3.05, 3.63) is 82.0 Å². The molecule has 0 fully saturated rings. The molecule has 5 nitrogen and oxygen atoms in total. The normalized spacial score (nSPS) is 10.3. The highest BCUT2D eigenvalue weighted by molar-refractivity contribution is 5.96. The van der Waals surface area contributed by atoms with Crippen LogP contribution in [-0.2, 0) is 0 Å². The van der Waals surface area contributed by atoms with Gasteiger partial charge in [-0.3, -0.25) is 9.59 Å². The summed E-state index contributed by atoms with van der Waals surface area (Å²) in [4.78, 5) is 25.2. The van der Waals surface area contributed by atoms with Crippen LogP contribution in [0.4, 0.5) is 0 Å². The Labute approximate surface area is 132 Å². The van der Waals surface area contributed by atoms with Gasteiger partial charge in [0.05, 0.1) is 6.26 Å². The molecule has 0 bridgehead atoms. The minimum Gasteiger partial charge on any atom is -0.464 e. The molecule has 0 saturated carbocycles. The Morgan fingerprint density at radius 1 is 1.17 bits per heavy atom. The summed E-state index contributed by atoms with van der Waals surface area (Å²) in [5, 5.41) is 9.35. The molecule has 0 amide bonds. The summed E-state index contributed by atoms with van der Waals surface area (Å²) in [6.07, 6.45) is 1.46. The number of aryl methyl sites for hydroxylation is 1. The molecule has 0 spiro atoms. The molecule has 3 aromatic rings. The SMILES string of the molecule is Cc1cc(-c2ccco2)c(C#N)c(=O)n1C(=O)c1ccccc1. The fourth-order valence-electron chi connectivity index (χ4n) is 2.43. The van der Waals surface area contributed by atoms with E-state index in [0.717, 1.165) is 4.57 Å². The lowest BCUT2D eigenvalue weighted by molar-refractivity contribution is 0.0953. The number of carbonyl (C=O) groups is 1. The van der Waals surface area contributed by atoms with Crippen molar-refractivity contribution in [3.63, 3.8) is 0 Å². The fourth-order valence-corrected chi connectivity index (χ4v) is 2.43. The van der Waals surface area contributed by atoms with Gasteiger partial charge >= 0.3 is 0 Å². The Balaban J connectivity index is 2.23. The van der Waals surface area contributed by atoms with E-state index in [2.05, 4.69) is 0 Å². The molecule has 0 N–H and O–H groups in total. The first-order valence-corrected chi connectivity index (χ1v) is 6.94. The molecule has 0 aliphatic carbocycles. The van der Waals surface area contributed by atoms with Gasteiger partial charge in [0, 0.05) is 16.8 Å². The average molecular weight is 304 g/mol. The second kappa shape index (κ2) is 5.78. The molecule has 0 aliphatic heterocycles. The lowest BCUT2D eigenvalue weighted by Crippen LogP contribution is -2.31. The third kappa shape index (κ3) is 2.47. The summed E-state index contributed by atoms with van der Waals surface area (Å²) >= 11 is 0. The van der Waals surface area contributed by atoms with E-state index in [-0.39, 0.29) is 5.56 Å². The molecular formula is C18H12N2O3. The van der Waals surface area contributed by atoms with Crippen molar-refractivity contribution in [1.82, 2.24) is 4.57 Å². The van der Waals surface area contributed by atoms with Crippen LogP contribution < -0.4 is 5.56 Å². The minimum absolute atomic E-state index is 0.116. The van der Waals surface area contributed by atoms with Gasteiger partial charge in [0.1, 0.15) is 17.4 Å². The Kier molecular flexibility index (Phi) is 3.65. The highest BCUT2D eigenvalue weighted by Crippen LogP contribution is 2.23. The maximum absolute atomic E-state index is 12.6. The van der Waals surface area contributed by atoms with Crippen LogP contribution in [0.15, 0.2) is 64.0 Å². The zero-order chi connectivity index (χ0) is 16.4. The van der Waals surface area contributed by atoms with Gasteiger partial charge in [-0.1, -0.05) is 18.2 Å². The van der Waals surface area contributed by atoms with Gasteiger partial charge < -0.3 is 4.42 Å². The van der Waals surface area contributed by atoms with Crippen molar-refractivity contribution < 1.29 is 9.21 Å². The van der Waals surface area contributed by atoms with Crippen LogP contribution in [0.2, 0.25) is 0 Å². The van der Waals surface area contributed by atoms with Crippen LogP contribution in [-0.4, -0.2) is 10.5 Å². The number of furan rings is 1. The third-order valence-electron chi connectivity index (χ3n) is 3.51. The monoisotopic (exact) mass is 304 g/mol. The fraction of sp³-hybridized carbons (Fsp3) is 0.0556. The lowest BCUT2D eigenvalue weighted by Gasteiger charge is -2.11. The van der Waals surface area contributed by atoms with Crippen molar-refractivity contribution in [2.75, 3.05) is 0 Å². The van der Waals surface area contributed by atoms with Crippen LogP contribution in [0.5, 0.6) is 0 Å². The first-order chi connectivity index (χ1) is 11.1. The number of aromatic nitrogens is 1. The smallest absolute Gasteiger partial charge is 0.276 e. The number of nitrogens with zero attached hydrogens (tertiary/aromatic N) is 2. The molecule has 1 aromatic carbocycles. The van der Waals surface area contributed by atoms with Crippen molar-refractivity contribution in [2.45, 2.75) is 6.92 Å². The van der Waals surface area contributed by atoms with E-state index in [0.29, 0.717) is 22.6 Å². The zero-order valence-electron chi connectivity index (χ0n) is 12.3. The molecule has 0 atom stereocenters. The molecule has 0 aliphatic rings. The molecular weight excluding hydrogens is 292 g/mol. The van der Waals surface area contributed by atoms with E-state index in [1.54, 1.807) is 55.5 Å². The Morgan fingerprint density at radius 3 is 2.52 bits per heavy atom. The Hall–Kier alpha value is -3.39. The van der Waals surface area contributed by atoms with Crippen molar-refractivity contribution in [1.29, 1.82) is 5.26 Å². The standard InChI is InChI=1S/C18H12N2O3/c1-12-10-14(16-8-5-9-23-16)15(11-19)18(22)20(12)17(21)13-6-3-2-4-7-13/h2-10H,1H3. The van der Waals surface area contributed by atoms with Gasteiger partial charge in [0.2, 0.25) is 0 Å². The van der Waals surface area contributed by atoms with E-state index in [4.69, 9.17) is 4.42 Å². The molecule has 23 heavy (non-hydrogen) atoms. The topological polar surface area (TPSA) is 76.0 Å². The summed E-state index contributed by atoms with van der Waals surface area (Å²) in [6, 6.07) is 15.3. The number of hydrogen-bond donors (Lipinski definition) is 0. The van der Waals surface area contributed by atoms with Gasteiger partial charge in [0.15, 0.2) is 0 Å². The zero-order valence-corrected chi connectivity index (χ0v) is 12.3. The summed E-state index contributed by atoms with van der Waals surface area (Å²) < 4.78 is 6.29. The number of nitriles is 1. The van der Waals surface area contributed by atoms with Crippen LogP contribution in [0.3, 0.4) is 0 Å². The highest BCUT2D eigenvalue weighted by atomic mass is 16.3. The van der Waals surface area contributed by atoms with E-state index < -0.39 is 11.5 Å². The van der Waals surface area contributed by atoms with E-state index >= 15 is 0 Å². The van der Waals surface area contributed by atoms with Crippen molar-refractivity contribution in [3.8, 4) is 17.4 Å². The second-order valence-corrected chi connectivity index (χ2v) is 4.98. The van der Waals surface area contributed by atoms with Crippen LogP contribution >= 0.6 is 0 Å². The number of hydrogen-bond acceptors (Lipinski definition) is 4. The molecule has 112 valence electrons. The van der Waals surface area contributed by atoms with Gasteiger partial charge in [-0.25, -0.2) is 4.57 Å². The van der Waals surface area contributed by atoms with Crippen molar-refractivity contribution in [2.24, 2.45) is 0 Å². The molecule has 0 saturated heterocycles. The number of rotatable bonds is 2. The van der Waals surface area contributed by atoms with E-state index in [1.807, 2.05) is 6.07 Å². The molecule has 2 heterocycles. The number of benzene rings is 1. The summed E-state index contributed by atoms with van der Waals surface area (Å²) in [7, 11) is 0. The maximum Gasteiger partial charge on any atom is 0.276 e. The molecule has 5 heteroatoms.